The molecule has 0 fully saturated rings. The maximum Gasteiger partial charge on any atom is 0.340 e. The fourth-order valence-electron chi connectivity index (χ4n) is 3.65. The third-order valence-corrected chi connectivity index (χ3v) is 6.35. The van der Waals surface area contributed by atoms with Gasteiger partial charge in [-0.3, -0.25) is 19.3 Å². The van der Waals surface area contributed by atoms with Crippen LogP contribution in [0.4, 0.5) is 4.79 Å². The molecule has 6 nitrogen and oxygen atoms in total. The highest BCUT2D eigenvalue weighted by molar-refractivity contribution is 7.19. The number of Topliss-reactive ketones (excluding diaryl/α,β-unsaturated/α-hetero) is 1. The molecule has 0 bridgehead atoms. The first-order chi connectivity index (χ1) is 15.5. The van der Waals surface area contributed by atoms with E-state index in [1.807, 2.05) is 53.4 Å². The average Bonchev–Trinajstić information content (AvgIpc) is 3.24. The van der Waals surface area contributed by atoms with Crippen molar-refractivity contribution in [2.24, 2.45) is 0 Å². The molecule has 32 heavy (non-hydrogen) atoms. The van der Waals surface area contributed by atoms with Crippen LogP contribution in [0.25, 0.3) is 15.8 Å². The predicted octanol–water partition coefficient (Wildman–Crippen LogP) is 5.03. The van der Waals surface area contributed by atoms with E-state index < -0.39 is 11.4 Å². The molecule has 4 rings (SSSR count). The van der Waals surface area contributed by atoms with Crippen LogP contribution in [0.3, 0.4) is 0 Å². The van der Waals surface area contributed by atoms with E-state index in [0.29, 0.717) is 18.7 Å². The van der Waals surface area contributed by atoms with Gasteiger partial charge in [-0.25, -0.2) is 4.98 Å². The Morgan fingerprint density at radius 2 is 1.97 bits per heavy atom. The molecule has 1 unspecified atom stereocenters. The number of para-hydroxylation sites is 1. The minimum Gasteiger partial charge on any atom is -0.293 e. The van der Waals surface area contributed by atoms with E-state index in [4.69, 9.17) is 21.4 Å². The summed E-state index contributed by atoms with van der Waals surface area (Å²) >= 11 is 7.40. The summed E-state index contributed by atoms with van der Waals surface area (Å²) in [5, 5.41) is 1.25. The molecule has 1 aliphatic rings. The number of hydroxylamine groups is 2. The molecule has 0 saturated heterocycles. The Bertz CT molecular complexity index is 1130. The summed E-state index contributed by atoms with van der Waals surface area (Å²) in [6.45, 7) is 4.90. The van der Waals surface area contributed by atoms with E-state index in [1.165, 1.54) is 0 Å². The van der Waals surface area contributed by atoms with Crippen molar-refractivity contribution in [1.82, 2.24) is 14.9 Å². The van der Waals surface area contributed by atoms with Gasteiger partial charge in [-0.15, -0.1) is 17.9 Å². The molecule has 0 N–H and O–H groups in total. The number of carbonyl (C=O) groups is 2. The lowest BCUT2D eigenvalue weighted by Crippen LogP contribution is -2.48. The minimum atomic E-state index is -0.729. The van der Waals surface area contributed by atoms with Crippen molar-refractivity contribution in [3.8, 4) is 0 Å². The molecule has 0 saturated carbocycles. The number of carbonyl (C=O) groups excluding carboxylic acids is 2. The van der Waals surface area contributed by atoms with Crippen LogP contribution in [0, 0.1) is 0 Å². The lowest BCUT2D eigenvalue weighted by atomic mass is 10.0. The van der Waals surface area contributed by atoms with Crippen LogP contribution in [0.2, 0.25) is 0 Å². The van der Waals surface area contributed by atoms with Crippen molar-refractivity contribution in [3.63, 3.8) is 0 Å². The topological polar surface area (TPSA) is 62.7 Å². The quantitative estimate of drug-likeness (QED) is 0.153. The minimum absolute atomic E-state index is 0.00524. The number of hydrogen-bond donors (Lipinski definition) is 0. The van der Waals surface area contributed by atoms with Crippen LogP contribution in [-0.2, 0) is 4.84 Å². The number of aromatic nitrogens is 1. The van der Waals surface area contributed by atoms with Gasteiger partial charge in [-0.1, -0.05) is 54.6 Å². The van der Waals surface area contributed by atoms with Crippen molar-refractivity contribution in [2.45, 2.75) is 6.04 Å². The Morgan fingerprint density at radius 3 is 2.69 bits per heavy atom. The van der Waals surface area contributed by atoms with Gasteiger partial charge in [0.05, 0.1) is 29.4 Å². The first-order valence-electron chi connectivity index (χ1n) is 10.1. The zero-order valence-electron chi connectivity index (χ0n) is 17.3. The van der Waals surface area contributed by atoms with Gasteiger partial charge in [0.15, 0.2) is 5.78 Å². The van der Waals surface area contributed by atoms with Crippen molar-refractivity contribution >= 4 is 49.9 Å². The average molecular weight is 468 g/mol. The lowest BCUT2D eigenvalue weighted by molar-refractivity contribution is -0.119. The fraction of sp³-hybridized carbons (Fsp3) is 0.208. The number of hydrogen-bond acceptors (Lipinski definition) is 6. The number of rotatable bonds is 8. The molecule has 1 amide bonds. The van der Waals surface area contributed by atoms with Gasteiger partial charge in [-0.2, -0.15) is 5.06 Å². The summed E-state index contributed by atoms with van der Waals surface area (Å²) in [5.74, 6) is 0.00524. The molecule has 0 radical (unpaired) electrons. The Labute approximate surface area is 195 Å². The Balaban J connectivity index is 1.64. The first kappa shape index (κ1) is 22.4. The van der Waals surface area contributed by atoms with Crippen molar-refractivity contribution < 1.29 is 14.4 Å². The number of nitrogens with zero attached hydrogens (tertiary/aromatic N) is 3. The second-order valence-corrected chi connectivity index (χ2v) is 8.72. The second-order valence-electron chi connectivity index (χ2n) is 7.37. The summed E-state index contributed by atoms with van der Waals surface area (Å²) in [6.07, 6.45) is 3.50. The van der Waals surface area contributed by atoms with Gasteiger partial charge in [0, 0.05) is 24.2 Å². The van der Waals surface area contributed by atoms with Gasteiger partial charge in [-0.05, 0) is 23.7 Å². The highest BCUT2D eigenvalue weighted by Crippen LogP contribution is 2.30. The van der Waals surface area contributed by atoms with Gasteiger partial charge < -0.3 is 0 Å². The van der Waals surface area contributed by atoms with Crippen molar-refractivity contribution in [3.05, 3.63) is 83.9 Å². The van der Waals surface area contributed by atoms with Crippen LogP contribution < -0.4 is 0 Å². The van der Waals surface area contributed by atoms with Gasteiger partial charge >= 0.3 is 5.37 Å². The van der Waals surface area contributed by atoms with Gasteiger partial charge in [0.2, 0.25) is 0 Å². The first-order valence-corrected chi connectivity index (χ1v) is 11.3. The largest absolute Gasteiger partial charge is 0.340 e. The smallest absolute Gasteiger partial charge is 0.293 e. The number of halogens is 1. The van der Waals surface area contributed by atoms with Crippen molar-refractivity contribution in [1.29, 1.82) is 0 Å². The maximum atomic E-state index is 12.9. The number of fused-ring (bicyclic) bond motifs is 1. The zero-order valence-corrected chi connectivity index (χ0v) is 18.9. The maximum absolute atomic E-state index is 12.9. The number of ketones is 1. The fourth-order valence-corrected chi connectivity index (χ4v) is 4.80. The predicted molar refractivity (Wildman–Crippen MR) is 128 cm³/mol. The highest BCUT2D eigenvalue weighted by Gasteiger charge is 2.31. The van der Waals surface area contributed by atoms with E-state index in [2.05, 4.69) is 6.58 Å². The molecule has 1 aromatic heterocycles. The summed E-state index contributed by atoms with van der Waals surface area (Å²) in [4.78, 5) is 37.2. The van der Waals surface area contributed by atoms with Crippen LogP contribution >= 0.6 is 22.9 Å². The standard InChI is InChI=1S/C24H22ClN3O3S/c1-2-12-31-28(24(25)30)19-13-18(23-26-20-10-6-7-11-22(20)32-23)14-27(15-19)16-21(29)17-8-4-3-5-9-17/h2-11,13,19H,1,12,14-16H2. The summed E-state index contributed by atoms with van der Waals surface area (Å²) in [5.41, 5.74) is 2.48. The third kappa shape index (κ3) is 5.14. The summed E-state index contributed by atoms with van der Waals surface area (Å²) in [7, 11) is 0. The van der Waals surface area contributed by atoms with Crippen LogP contribution in [-0.4, -0.2) is 58.4 Å². The SMILES string of the molecule is C=CCON(C(=O)Cl)C1C=C(c2nc3ccccc3s2)CN(CC(=O)c2ccccc2)C1. The van der Waals surface area contributed by atoms with E-state index in [9.17, 15) is 9.59 Å². The van der Waals surface area contributed by atoms with Crippen LogP contribution in [0.5, 0.6) is 0 Å². The second kappa shape index (κ2) is 10.2. The molecule has 2 aromatic carbocycles. The number of benzene rings is 2. The highest BCUT2D eigenvalue weighted by atomic mass is 35.5. The van der Waals surface area contributed by atoms with Gasteiger partial charge in [0.25, 0.3) is 0 Å². The van der Waals surface area contributed by atoms with E-state index in [0.717, 1.165) is 25.9 Å². The Kier molecular flexibility index (Phi) is 7.12. The molecule has 1 aliphatic heterocycles. The van der Waals surface area contributed by atoms with E-state index >= 15 is 0 Å². The molecule has 2 heterocycles. The Hall–Kier alpha value is -2.84. The van der Waals surface area contributed by atoms with Gasteiger partial charge in [0.1, 0.15) is 5.01 Å². The normalized spacial score (nSPS) is 16.5. The molecule has 8 heteroatoms. The van der Waals surface area contributed by atoms with Crippen LogP contribution in [0.1, 0.15) is 15.4 Å². The molecule has 3 aromatic rings. The molecule has 164 valence electrons. The third-order valence-electron chi connectivity index (χ3n) is 5.07. The summed E-state index contributed by atoms with van der Waals surface area (Å²) in [6, 6.07) is 16.6. The lowest BCUT2D eigenvalue weighted by Gasteiger charge is -2.35. The molecular weight excluding hydrogens is 446 g/mol. The Morgan fingerprint density at radius 1 is 1.22 bits per heavy atom. The van der Waals surface area contributed by atoms with Crippen molar-refractivity contribution in [2.75, 3.05) is 26.2 Å². The molecule has 0 aliphatic carbocycles. The monoisotopic (exact) mass is 467 g/mol. The molecule has 0 spiro atoms. The van der Waals surface area contributed by atoms with Crippen LogP contribution in [0.15, 0.2) is 73.3 Å². The number of amides is 1. The molecule has 1 atom stereocenters. The number of thiazole rings is 1. The zero-order chi connectivity index (χ0) is 22.5. The molecular formula is C24H22ClN3O3S. The summed E-state index contributed by atoms with van der Waals surface area (Å²) < 4.78 is 1.07. The van der Waals surface area contributed by atoms with E-state index in [-0.39, 0.29) is 18.9 Å². The van der Waals surface area contributed by atoms with E-state index in [1.54, 1.807) is 29.5 Å².